The largest absolute Gasteiger partial charge is 0.471 e. The van der Waals surface area contributed by atoms with Gasteiger partial charge in [-0.05, 0) is 25.3 Å². The number of nitrogens with two attached hydrogens (primary N) is 1. The van der Waals surface area contributed by atoms with Gasteiger partial charge in [0.1, 0.15) is 5.84 Å². The van der Waals surface area contributed by atoms with Gasteiger partial charge in [0, 0.05) is 35.5 Å². The lowest BCUT2D eigenvalue weighted by Crippen LogP contribution is -2.39. The number of hydrogen-bond acceptors (Lipinski definition) is 6. The summed E-state index contributed by atoms with van der Waals surface area (Å²) in [6.07, 6.45) is 6.83. The van der Waals surface area contributed by atoms with Crippen molar-refractivity contribution in [3.63, 3.8) is 0 Å². The molecule has 1 aliphatic rings. The second kappa shape index (κ2) is 8.88. The molecule has 0 radical (unpaired) electrons. The number of furan rings is 1. The molecule has 8 heteroatoms. The second-order valence-electron chi connectivity index (χ2n) is 7.01. The van der Waals surface area contributed by atoms with E-state index in [9.17, 15) is 9.59 Å². The van der Waals surface area contributed by atoms with Gasteiger partial charge in [0.25, 0.3) is 5.91 Å². The number of amidine groups is 1. The number of piperidine rings is 1. The van der Waals surface area contributed by atoms with Gasteiger partial charge in [0.2, 0.25) is 0 Å². The molecule has 1 amide bonds. The molecule has 1 unspecified atom stereocenters. The van der Waals surface area contributed by atoms with Crippen molar-refractivity contribution in [1.29, 1.82) is 5.41 Å². The molecule has 1 atom stereocenters. The zero-order valence-electron chi connectivity index (χ0n) is 16.0. The Morgan fingerprint density at radius 1 is 1.29 bits per heavy atom. The van der Waals surface area contributed by atoms with Gasteiger partial charge in [-0.3, -0.25) is 15.0 Å². The minimum absolute atomic E-state index is 0.0789. The number of hydrogen-bond donors (Lipinski definition) is 3. The molecule has 1 aromatic heterocycles. The monoisotopic (exact) mass is 386 g/mol. The Kier molecular flexibility index (Phi) is 6.30. The van der Waals surface area contributed by atoms with Crippen LogP contribution in [0.2, 0.25) is 0 Å². The zero-order chi connectivity index (χ0) is 20.1. The molecule has 2 heterocycles. The van der Waals surface area contributed by atoms with Crippen LogP contribution in [0.1, 0.15) is 54.9 Å². The number of carbonyl (C=O) groups is 2. The van der Waals surface area contributed by atoms with Crippen LogP contribution in [0.15, 0.2) is 29.1 Å². The molecule has 28 heavy (non-hydrogen) atoms. The van der Waals surface area contributed by atoms with Crippen molar-refractivity contribution in [3.05, 3.63) is 35.8 Å². The van der Waals surface area contributed by atoms with Gasteiger partial charge in [-0.2, -0.15) is 0 Å². The van der Waals surface area contributed by atoms with Gasteiger partial charge < -0.3 is 20.3 Å². The first-order chi connectivity index (χ1) is 13.5. The molecule has 0 saturated carbocycles. The first kappa shape index (κ1) is 19.9. The van der Waals surface area contributed by atoms with E-state index in [1.165, 1.54) is 12.5 Å². The van der Waals surface area contributed by atoms with Crippen molar-refractivity contribution in [2.24, 2.45) is 5.73 Å². The molecule has 0 spiro atoms. The second-order valence-corrected chi connectivity index (χ2v) is 7.01. The maximum absolute atomic E-state index is 13.0. The molecule has 2 aromatic rings. The van der Waals surface area contributed by atoms with E-state index in [2.05, 4.69) is 5.32 Å². The van der Waals surface area contributed by atoms with Gasteiger partial charge in [-0.25, -0.2) is 0 Å². The number of amides is 1. The zero-order valence-corrected chi connectivity index (χ0v) is 16.0. The molecule has 0 aliphatic carbocycles. The summed E-state index contributed by atoms with van der Waals surface area (Å²) in [7, 11) is 0. The van der Waals surface area contributed by atoms with Crippen LogP contribution in [0.4, 0.5) is 0 Å². The quantitative estimate of drug-likeness (QED) is 0.497. The molecule has 0 bridgehead atoms. The van der Waals surface area contributed by atoms with Gasteiger partial charge in [-0.15, -0.1) is 5.06 Å². The number of nitrogens with one attached hydrogen (secondary N) is 2. The smallest absolute Gasteiger partial charge is 0.327 e. The fourth-order valence-electron chi connectivity index (χ4n) is 3.40. The van der Waals surface area contributed by atoms with Gasteiger partial charge >= 0.3 is 5.97 Å². The third-order valence-electron chi connectivity index (χ3n) is 4.96. The summed E-state index contributed by atoms with van der Waals surface area (Å²) < 4.78 is 5.20. The Labute approximate surface area is 163 Å². The molecule has 1 aromatic carbocycles. The van der Waals surface area contributed by atoms with Crippen molar-refractivity contribution in [2.45, 2.75) is 45.1 Å². The number of nitrogens with zero attached hydrogens (tertiary/aromatic N) is 1. The highest BCUT2D eigenvalue weighted by Gasteiger charge is 2.23. The molecule has 4 N–H and O–H groups in total. The summed E-state index contributed by atoms with van der Waals surface area (Å²) in [6.45, 7) is 3.39. The summed E-state index contributed by atoms with van der Waals surface area (Å²) in [5, 5.41) is 13.7. The predicted molar refractivity (Wildman–Crippen MR) is 105 cm³/mol. The van der Waals surface area contributed by atoms with Gasteiger partial charge in [0.05, 0.1) is 24.5 Å². The Balaban J connectivity index is 1.71. The Hall–Kier alpha value is -2.87. The van der Waals surface area contributed by atoms with Crippen LogP contribution in [0.5, 0.6) is 0 Å². The first-order valence-electron chi connectivity index (χ1n) is 9.59. The highest BCUT2D eigenvalue weighted by Crippen LogP contribution is 2.24. The van der Waals surface area contributed by atoms with E-state index in [0.29, 0.717) is 17.4 Å². The number of nitrogen functional groups attached to an aromatic ring is 1. The van der Waals surface area contributed by atoms with Crippen molar-refractivity contribution >= 4 is 28.5 Å². The SMILES string of the molecule is CCC(CC(=O)ON1CCCCC1)NC(=O)c1c(C(=N)N)ccc2cocc12. The van der Waals surface area contributed by atoms with Crippen LogP contribution in [0, 0.1) is 5.41 Å². The Bertz CT molecular complexity index is 870. The molecule has 3 rings (SSSR count). The van der Waals surface area contributed by atoms with E-state index in [-0.39, 0.29) is 29.8 Å². The molecular formula is C20H26N4O4. The van der Waals surface area contributed by atoms with E-state index in [4.69, 9.17) is 20.4 Å². The van der Waals surface area contributed by atoms with Crippen LogP contribution in [-0.4, -0.2) is 41.9 Å². The summed E-state index contributed by atoms with van der Waals surface area (Å²) >= 11 is 0. The van der Waals surface area contributed by atoms with Crippen LogP contribution in [0.25, 0.3) is 10.8 Å². The number of benzene rings is 1. The van der Waals surface area contributed by atoms with E-state index >= 15 is 0 Å². The van der Waals surface area contributed by atoms with Crippen molar-refractivity contribution in [2.75, 3.05) is 13.1 Å². The topological polar surface area (TPSA) is 122 Å². The fraction of sp³-hybridized carbons (Fsp3) is 0.450. The molecule has 1 saturated heterocycles. The summed E-state index contributed by atoms with van der Waals surface area (Å²) in [6, 6.07) is 2.99. The standard InChI is InChI=1S/C20H26N4O4/c1-2-14(10-17(25)28-24-8-4-3-5-9-24)23-20(26)18-15(19(21)22)7-6-13-11-27-12-16(13)18/h6-7,11-12,14H,2-5,8-10H2,1H3,(H3,21,22)(H,23,26). The third-order valence-corrected chi connectivity index (χ3v) is 4.96. The van der Waals surface area contributed by atoms with E-state index < -0.39 is 5.91 Å². The Morgan fingerprint density at radius 2 is 2.04 bits per heavy atom. The molecule has 1 fully saturated rings. The predicted octanol–water partition coefficient (Wildman–Crippen LogP) is 2.56. The molecule has 8 nitrogen and oxygen atoms in total. The average Bonchev–Trinajstić information content (AvgIpc) is 3.15. The molecule has 1 aliphatic heterocycles. The highest BCUT2D eigenvalue weighted by molar-refractivity contribution is 6.15. The fourth-order valence-corrected chi connectivity index (χ4v) is 3.40. The lowest BCUT2D eigenvalue weighted by molar-refractivity contribution is -0.194. The Morgan fingerprint density at radius 3 is 2.71 bits per heavy atom. The minimum Gasteiger partial charge on any atom is -0.471 e. The maximum atomic E-state index is 13.0. The lowest BCUT2D eigenvalue weighted by Gasteiger charge is -2.26. The number of hydroxylamine groups is 2. The normalized spacial score (nSPS) is 15.9. The van der Waals surface area contributed by atoms with Crippen LogP contribution in [-0.2, 0) is 9.63 Å². The van der Waals surface area contributed by atoms with Crippen molar-refractivity contribution in [3.8, 4) is 0 Å². The summed E-state index contributed by atoms with van der Waals surface area (Å²) in [5.41, 5.74) is 6.26. The molecule has 150 valence electrons. The van der Waals surface area contributed by atoms with Crippen LogP contribution in [0.3, 0.4) is 0 Å². The third kappa shape index (κ3) is 4.51. The minimum atomic E-state index is -0.394. The van der Waals surface area contributed by atoms with Crippen molar-refractivity contribution < 1.29 is 18.8 Å². The van der Waals surface area contributed by atoms with Gasteiger partial charge in [0.15, 0.2) is 0 Å². The number of carbonyl (C=O) groups excluding carboxylic acids is 2. The van der Waals surface area contributed by atoms with Crippen LogP contribution < -0.4 is 11.1 Å². The van der Waals surface area contributed by atoms with Crippen LogP contribution >= 0.6 is 0 Å². The van der Waals surface area contributed by atoms with E-state index in [1.807, 2.05) is 6.92 Å². The van der Waals surface area contributed by atoms with E-state index in [1.54, 1.807) is 17.2 Å². The first-order valence-corrected chi connectivity index (χ1v) is 9.59. The number of rotatable bonds is 7. The molecular weight excluding hydrogens is 360 g/mol. The van der Waals surface area contributed by atoms with E-state index in [0.717, 1.165) is 37.7 Å². The average molecular weight is 386 g/mol. The van der Waals surface area contributed by atoms with Gasteiger partial charge in [-0.1, -0.05) is 19.4 Å². The summed E-state index contributed by atoms with van der Waals surface area (Å²) in [4.78, 5) is 30.6. The maximum Gasteiger partial charge on any atom is 0.327 e. The number of fused-ring (bicyclic) bond motifs is 1. The van der Waals surface area contributed by atoms with Crippen molar-refractivity contribution in [1.82, 2.24) is 10.4 Å². The highest BCUT2D eigenvalue weighted by atomic mass is 16.7. The summed E-state index contributed by atoms with van der Waals surface area (Å²) in [5.74, 6) is -0.956. The lowest BCUT2D eigenvalue weighted by atomic mass is 9.99.